The zero-order chi connectivity index (χ0) is 11.8. The van der Waals surface area contributed by atoms with Gasteiger partial charge in [-0.15, -0.1) is 0 Å². The average Bonchev–Trinajstić information content (AvgIpc) is 2.34. The highest BCUT2D eigenvalue weighted by molar-refractivity contribution is 5.57. The molecule has 4 nitrogen and oxygen atoms in total. The summed E-state index contributed by atoms with van der Waals surface area (Å²) in [7, 11) is 0. The van der Waals surface area contributed by atoms with Crippen LogP contribution in [-0.4, -0.2) is 29.8 Å². The molecule has 0 aliphatic rings. The molecule has 0 fully saturated rings. The van der Waals surface area contributed by atoms with Crippen molar-refractivity contribution in [3.05, 3.63) is 24.0 Å². The van der Waals surface area contributed by atoms with Gasteiger partial charge in [0.2, 0.25) is 0 Å². The number of nitriles is 1. The van der Waals surface area contributed by atoms with Gasteiger partial charge in [-0.3, -0.25) is 4.98 Å². The van der Waals surface area contributed by atoms with Gasteiger partial charge in [0.25, 0.3) is 0 Å². The number of aliphatic hydroxyl groups excluding tert-OH is 1. The molecule has 0 saturated carbocycles. The molecule has 0 spiro atoms. The SMILES string of the molecule is CCCCN(CCO)c1cnccc1C#N. The monoisotopic (exact) mass is 219 g/mol. The van der Waals surface area contributed by atoms with Gasteiger partial charge < -0.3 is 10.0 Å². The lowest BCUT2D eigenvalue weighted by molar-refractivity contribution is 0.301. The predicted molar refractivity (Wildman–Crippen MR) is 63.2 cm³/mol. The summed E-state index contributed by atoms with van der Waals surface area (Å²) in [6, 6.07) is 3.85. The van der Waals surface area contributed by atoms with Crippen molar-refractivity contribution in [2.75, 3.05) is 24.6 Å². The summed E-state index contributed by atoms with van der Waals surface area (Å²) in [5, 5.41) is 18.0. The highest BCUT2D eigenvalue weighted by Gasteiger charge is 2.10. The smallest absolute Gasteiger partial charge is 0.101 e. The molecular weight excluding hydrogens is 202 g/mol. The first-order valence-electron chi connectivity index (χ1n) is 5.53. The molecule has 0 unspecified atom stereocenters. The molecular formula is C12H17N3O. The summed E-state index contributed by atoms with van der Waals surface area (Å²) >= 11 is 0. The zero-order valence-electron chi connectivity index (χ0n) is 9.56. The van der Waals surface area contributed by atoms with Crippen LogP contribution < -0.4 is 4.90 Å². The van der Waals surface area contributed by atoms with E-state index in [1.807, 2.05) is 4.90 Å². The van der Waals surface area contributed by atoms with Crippen molar-refractivity contribution in [1.82, 2.24) is 4.98 Å². The van der Waals surface area contributed by atoms with E-state index in [0.717, 1.165) is 25.1 Å². The first-order valence-corrected chi connectivity index (χ1v) is 5.53. The lowest BCUT2D eigenvalue weighted by atomic mass is 10.2. The number of aliphatic hydroxyl groups is 1. The Morgan fingerprint density at radius 2 is 2.31 bits per heavy atom. The Balaban J connectivity index is 2.87. The maximum Gasteiger partial charge on any atom is 0.101 e. The van der Waals surface area contributed by atoms with Gasteiger partial charge in [0.05, 0.1) is 24.1 Å². The van der Waals surface area contributed by atoms with Gasteiger partial charge in [-0.25, -0.2) is 0 Å². The van der Waals surface area contributed by atoms with Crippen LogP contribution in [0.2, 0.25) is 0 Å². The molecule has 1 aromatic rings. The van der Waals surface area contributed by atoms with Crippen LogP contribution in [0.4, 0.5) is 5.69 Å². The maximum atomic E-state index is 9.02. The van der Waals surface area contributed by atoms with Gasteiger partial charge >= 0.3 is 0 Å². The van der Waals surface area contributed by atoms with Crippen LogP contribution in [0.1, 0.15) is 25.3 Å². The Bertz CT molecular complexity index is 360. The van der Waals surface area contributed by atoms with Gasteiger partial charge in [-0.1, -0.05) is 13.3 Å². The molecule has 0 aliphatic heterocycles. The van der Waals surface area contributed by atoms with Crippen molar-refractivity contribution in [2.45, 2.75) is 19.8 Å². The van der Waals surface area contributed by atoms with Crippen molar-refractivity contribution in [1.29, 1.82) is 5.26 Å². The standard InChI is InChI=1S/C12H17N3O/c1-2-3-6-15(7-8-16)12-10-14-5-4-11(12)9-13/h4-5,10,16H,2-3,6-8H2,1H3. The lowest BCUT2D eigenvalue weighted by Crippen LogP contribution is -2.28. The molecule has 1 aromatic heterocycles. The predicted octanol–water partition coefficient (Wildman–Crippen LogP) is 1.55. The fourth-order valence-electron chi connectivity index (χ4n) is 1.56. The largest absolute Gasteiger partial charge is 0.395 e. The number of hydrogen-bond acceptors (Lipinski definition) is 4. The van der Waals surface area contributed by atoms with Crippen molar-refractivity contribution >= 4 is 5.69 Å². The molecule has 0 radical (unpaired) electrons. The first kappa shape index (κ1) is 12.5. The number of aromatic nitrogens is 1. The topological polar surface area (TPSA) is 60.1 Å². The third-order valence-electron chi connectivity index (χ3n) is 2.41. The number of hydrogen-bond donors (Lipinski definition) is 1. The summed E-state index contributed by atoms with van der Waals surface area (Å²) in [5.74, 6) is 0. The fourth-order valence-corrected chi connectivity index (χ4v) is 1.56. The highest BCUT2D eigenvalue weighted by Crippen LogP contribution is 2.18. The number of rotatable bonds is 6. The third-order valence-corrected chi connectivity index (χ3v) is 2.41. The molecule has 0 aliphatic carbocycles. The molecule has 1 heterocycles. The van der Waals surface area contributed by atoms with Gasteiger partial charge in [-0.05, 0) is 12.5 Å². The molecule has 0 saturated heterocycles. The number of pyridine rings is 1. The van der Waals surface area contributed by atoms with E-state index in [4.69, 9.17) is 10.4 Å². The highest BCUT2D eigenvalue weighted by atomic mass is 16.3. The Morgan fingerprint density at radius 3 is 2.94 bits per heavy atom. The number of anilines is 1. The fraction of sp³-hybridized carbons (Fsp3) is 0.500. The molecule has 1 N–H and O–H groups in total. The summed E-state index contributed by atoms with van der Waals surface area (Å²) in [6.07, 6.45) is 5.42. The summed E-state index contributed by atoms with van der Waals surface area (Å²) < 4.78 is 0. The van der Waals surface area contributed by atoms with Crippen LogP contribution in [0.3, 0.4) is 0 Å². The molecule has 0 aromatic carbocycles. The molecule has 86 valence electrons. The zero-order valence-corrected chi connectivity index (χ0v) is 9.56. The van der Waals surface area contributed by atoms with Crippen LogP contribution in [0.5, 0.6) is 0 Å². The van der Waals surface area contributed by atoms with E-state index < -0.39 is 0 Å². The molecule has 0 atom stereocenters. The quantitative estimate of drug-likeness (QED) is 0.788. The summed E-state index contributed by atoms with van der Waals surface area (Å²) in [6.45, 7) is 3.59. The number of unbranched alkanes of at least 4 members (excludes halogenated alkanes) is 1. The van der Waals surface area contributed by atoms with Crippen molar-refractivity contribution in [2.24, 2.45) is 0 Å². The van der Waals surface area contributed by atoms with Crippen LogP contribution in [0.25, 0.3) is 0 Å². The van der Waals surface area contributed by atoms with Gasteiger partial charge in [0.1, 0.15) is 6.07 Å². The second-order valence-electron chi connectivity index (χ2n) is 3.57. The Kier molecular flexibility index (Phi) is 5.30. The summed E-state index contributed by atoms with van der Waals surface area (Å²) in [5.41, 5.74) is 1.42. The van der Waals surface area contributed by atoms with E-state index in [2.05, 4.69) is 18.0 Å². The van der Waals surface area contributed by atoms with Gasteiger partial charge in [0, 0.05) is 19.3 Å². The Hall–Kier alpha value is -1.60. The van der Waals surface area contributed by atoms with Crippen molar-refractivity contribution in [3.8, 4) is 6.07 Å². The van der Waals surface area contributed by atoms with E-state index in [9.17, 15) is 0 Å². The number of nitrogens with zero attached hydrogens (tertiary/aromatic N) is 3. The van der Waals surface area contributed by atoms with Gasteiger partial charge in [0.15, 0.2) is 0 Å². The Labute approximate surface area is 96.2 Å². The van der Waals surface area contributed by atoms with Crippen LogP contribution in [0.15, 0.2) is 18.5 Å². The van der Waals surface area contributed by atoms with Crippen molar-refractivity contribution in [3.63, 3.8) is 0 Å². The van der Waals surface area contributed by atoms with Crippen LogP contribution in [0, 0.1) is 11.3 Å². The minimum atomic E-state index is 0.0868. The normalized spacial score (nSPS) is 9.81. The second kappa shape index (κ2) is 6.81. The minimum Gasteiger partial charge on any atom is -0.395 e. The van der Waals surface area contributed by atoms with E-state index in [0.29, 0.717) is 12.1 Å². The Morgan fingerprint density at radius 1 is 1.50 bits per heavy atom. The van der Waals surface area contributed by atoms with Crippen LogP contribution in [-0.2, 0) is 0 Å². The molecule has 0 amide bonds. The second-order valence-corrected chi connectivity index (χ2v) is 3.57. The maximum absolute atomic E-state index is 9.02. The van der Waals surface area contributed by atoms with Gasteiger partial charge in [-0.2, -0.15) is 5.26 Å². The third kappa shape index (κ3) is 3.21. The molecule has 1 rings (SSSR count). The first-order chi connectivity index (χ1) is 7.83. The van der Waals surface area contributed by atoms with Crippen molar-refractivity contribution < 1.29 is 5.11 Å². The van der Waals surface area contributed by atoms with E-state index >= 15 is 0 Å². The average molecular weight is 219 g/mol. The molecule has 4 heteroatoms. The lowest BCUT2D eigenvalue weighted by Gasteiger charge is -2.24. The van der Waals surface area contributed by atoms with E-state index in [1.54, 1.807) is 18.5 Å². The summed E-state index contributed by atoms with van der Waals surface area (Å²) in [4.78, 5) is 6.04. The molecule has 0 bridgehead atoms. The minimum absolute atomic E-state index is 0.0868. The molecule has 16 heavy (non-hydrogen) atoms. The van der Waals surface area contributed by atoms with E-state index in [-0.39, 0.29) is 6.61 Å². The van der Waals surface area contributed by atoms with E-state index in [1.165, 1.54) is 0 Å². The van der Waals surface area contributed by atoms with Crippen LogP contribution >= 0.6 is 0 Å².